The predicted molar refractivity (Wildman–Crippen MR) is 81.8 cm³/mol. The van der Waals surface area contributed by atoms with Crippen LogP contribution in [0.5, 0.6) is 11.5 Å². The second-order valence-electron chi connectivity index (χ2n) is 3.96. The largest absolute Gasteiger partial charge is 0.508 e. The summed E-state index contributed by atoms with van der Waals surface area (Å²) >= 11 is 9.27. The highest BCUT2D eigenvalue weighted by molar-refractivity contribution is 9.10. The topological polar surface area (TPSA) is 58.6 Å². The molecule has 2 rings (SSSR count). The van der Waals surface area contributed by atoms with Crippen LogP contribution in [0.4, 0.5) is 5.69 Å². The summed E-state index contributed by atoms with van der Waals surface area (Å²) in [6, 6.07) is 9.43. The molecule has 2 aromatic rings. The van der Waals surface area contributed by atoms with Gasteiger partial charge in [-0.2, -0.15) is 0 Å². The third-order valence-electron chi connectivity index (χ3n) is 2.60. The molecule has 0 spiro atoms. The lowest BCUT2D eigenvalue weighted by molar-refractivity contribution is 0.102. The fourth-order valence-electron chi connectivity index (χ4n) is 1.65. The van der Waals surface area contributed by atoms with Crippen molar-refractivity contribution in [1.82, 2.24) is 0 Å². The molecule has 0 saturated carbocycles. The van der Waals surface area contributed by atoms with E-state index in [9.17, 15) is 9.90 Å². The Kier molecular flexibility index (Phi) is 4.52. The Hall–Kier alpha value is -1.72. The number of ether oxygens (including phenoxy) is 1. The number of hydrogen-bond acceptors (Lipinski definition) is 3. The van der Waals surface area contributed by atoms with E-state index in [2.05, 4.69) is 21.2 Å². The van der Waals surface area contributed by atoms with Crippen molar-refractivity contribution >= 4 is 39.1 Å². The first-order valence-corrected chi connectivity index (χ1v) is 6.82. The number of carbonyl (C=O) groups excluding carboxylic acids is 1. The van der Waals surface area contributed by atoms with E-state index in [4.69, 9.17) is 16.3 Å². The van der Waals surface area contributed by atoms with Gasteiger partial charge < -0.3 is 15.2 Å². The van der Waals surface area contributed by atoms with E-state index in [1.165, 1.54) is 25.3 Å². The minimum atomic E-state index is -0.428. The highest BCUT2D eigenvalue weighted by Gasteiger charge is 2.14. The first-order chi connectivity index (χ1) is 9.51. The number of methoxy groups -OCH3 is 1. The van der Waals surface area contributed by atoms with Crippen LogP contribution in [0.1, 0.15) is 10.4 Å². The Morgan fingerprint density at radius 2 is 2.05 bits per heavy atom. The van der Waals surface area contributed by atoms with Crippen LogP contribution in [-0.2, 0) is 0 Å². The Labute approximate surface area is 129 Å². The van der Waals surface area contributed by atoms with Crippen LogP contribution in [0.15, 0.2) is 40.9 Å². The molecular formula is C14H11BrClNO3. The molecule has 4 nitrogen and oxygen atoms in total. The number of anilines is 1. The van der Waals surface area contributed by atoms with Crippen molar-refractivity contribution in [3.63, 3.8) is 0 Å². The van der Waals surface area contributed by atoms with Crippen molar-refractivity contribution in [3.05, 3.63) is 51.5 Å². The SMILES string of the molecule is COc1ccc(Br)cc1NC(=O)c1cc(O)ccc1Cl. The normalized spacial score (nSPS) is 10.2. The number of benzene rings is 2. The lowest BCUT2D eigenvalue weighted by Crippen LogP contribution is -2.13. The third kappa shape index (κ3) is 3.23. The molecule has 1 amide bonds. The molecule has 0 aliphatic heterocycles. The van der Waals surface area contributed by atoms with Gasteiger partial charge in [0.05, 0.1) is 23.4 Å². The number of aromatic hydroxyl groups is 1. The van der Waals surface area contributed by atoms with Crippen LogP contribution in [0, 0.1) is 0 Å². The molecule has 0 fully saturated rings. The second kappa shape index (κ2) is 6.15. The Morgan fingerprint density at radius 3 is 2.75 bits per heavy atom. The van der Waals surface area contributed by atoms with E-state index < -0.39 is 5.91 Å². The van der Waals surface area contributed by atoms with Gasteiger partial charge in [-0.3, -0.25) is 4.79 Å². The van der Waals surface area contributed by atoms with E-state index in [0.29, 0.717) is 11.4 Å². The van der Waals surface area contributed by atoms with E-state index in [1.54, 1.807) is 18.2 Å². The van der Waals surface area contributed by atoms with Crippen LogP contribution in [0.2, 0.25) is 5.02 Å². The highest BCUT2D eigenvalue weighted by Crippen LogP contribution is 2.29. The molecular weight excluding hydrogens is 346 g/mol. The Balaban J connectivity index is 2.32. The maximum absolute atomic E-state index is 12.2. The van der Waals surface area contributed by atoms with Crippen LogP contribution in [-0.4, -0.2) is 18.1 Å². The zero-order valence-corrected chi connectivity index (χ0v) is 12.8. The van der Waals surface area contributed by atoms with Gasteiger partial charge in [0.2, 0.25) is 0 Å². The van der Waals surface area contributed by atoms with Gasteiger partial charge in [-0.1, -0.05) is 27.5 Å². The van der Waals surface area contributed by atoms with Crippen molar-refractivity contribution < 1.29 is 14.6 Å². The molecule has 2 N–H and O–H groups in total. The molecule has 0 heterocycles. The third-order valence-corrected chi connectivity index (χ3v) is 3.43. The maximum atomic E-state index is 12.2. The molecule has 20 heavy (non-hydrogen) atoms. The number of rotatable bonds is 3. The molecule has 0 aliphatic rings. The van der Waals surface area contributed by atoms with Gasteiger partial charge in [0.15, 0.2) is 0 Å². The molecule has 0 bridgehead atoms. The zero-order valence-electron chi connectivity index (χ0n) is 10.5. The summed E-state index contributed by atoms with van der Waals surface area (Å²) in [5, 5.41) is 12.4. The molecule has 2 aromatic carbocycles. The summed E-state index contributed by atoms with van der Waals surface area (Å²) in [6.07, 6.45) is 0. The summed E-state index contributed by atoms with van der Waals surface area (Å²) in [7, 11) is 1.51. The quantitative estimate of drug-likeness (QED) is 0.871. The van der Waals surface area contributed by atoms with Crippen LogP contribution in [0.3, 0.4) is 0 Å². The van der Waals surface area contributed by atoms with Crippen molar-refractivity contribution in [2.75, 3.05) is 12.4 Å². The van der Waals surface area contributed by atoms with Crippen molar-refractivity contribution in [2.24, 2.45) is 0 Å². The van der Waals surface area contributed by atoms with E-state index >= 15 is 0 Å². The molecule has 0 saturated heterocycles. The molecule has 0 aromatic heterocycles. The van der Waals surface area contributed by atoms with Gasteiger partial charge in [-0.15, -0.1) is 0 Å². The van der Waals surface area contributed by atoms with Crippen LogP contribution >= 0.6 is 27.5 Å². The van der Waals surface area contributed by atoms with Gasteiger partial charge in [0, 0.05) is 4.47 Å². The molecule has 0 aliphatic carbocycles. The molecule has 6 heteroatoms. The van der Waals surface area contributed by atoms with Crippen molar-refractivity contribution in [1.29, 1.82) is 0 Å². The fraction of sp³-hybridized carbons (Fsp3) is 0.0714. The minimum Gasteiger partial charge on any atom is -0.508 e. The predicted octanol–water partition coefficient (Wildman–Crippen LogP) is 4.07. The fourth-order valence-corrected chi connectivity index (χ4v) is 2.22. The van der Waals surface area contributed by atoms with Gasteiger partial charge >= 0.3 is 0 Å². The molecule has 0 atom stereocenters. The first-order valence-electron chi connectivity index (χ1n) is 5.64. The number of phenols is 1. The monoisotopic (exact) mass is 355 g/mol. The lowest BCUT2D eigenvalue weighted by Gasteiger charge is -2.11. The van der Waals surface area contributed by atoms with Crippen molar-refractivity contribution in [3.8, 4) is 11.5 Å². The number of amides is 1. The average Bonchev–Trinajstić information content (AvgIpc) is 2.41. The second-order valence-corrected chi connectivity index (χ2v) is 5.29. The van der Waals surface area contributed by atoms with Crippen LogP contribution in [0.25, 0.3) is 0 Å². The smallest absolute Gasteiger partial charge is 0.257 e. The van der Waals surface area contributed by atoms with Crippen LogP contribution < -0.4 is 10.1 Å². The molecule has 0 unspecified atom stereocenters. The molecule has 0 radical (unpaired) electrons. The van der Waals surface area contributed by atoms with E-state index in [-0.39, 0.29) is 16.3 Å². The summed E-state index contributed by atoms with van der Waals surface area (Å²) < 4.78 is 5.97. The number of nitrogens with one attached hydrogen (secondary N) is 1. The lowest BCUT2D eigenvalue weighted by atomic mass is 10.2. The number of hydrogen-bond donors (Lipinski definition) is 2. The summed E-state index contributed by atoms with van der Waals surface area (Å²) in [4.78, 5) is 12.2. The standard InChI is InChI=1S/C14H11BrClNO3/c1-20-13-5-2-8(15)6-12(13)17-14(19)10-7-9(18)3-4-11(10)16/h2-7,18H,1H3,(H,17,19). The van der Waals surface area contributed by atoms with Crippen molar-refractivity contribution in [2.45, 2.75) is 0 Å². The van der Waals surface area contributed by atoms with E-state index in [1.807, 2.05) is 0 Å². The minimum absolute atomic E-state index is 0.0271. The maximum Gasteiger partial charge on any atom is 0.257 e. The summed E-state index contributed by atoms with van der Waals surface area (Å²) in [5.74, 6) is 0.0703. The average molecular weight is 357 g/mol. The summed E-state index contributed by atoms with van der Waals surface area (Å²) in [6.45, 7) is 0. The van der Waals surface area contributed by atoms with Gasteiger partial charge in [0.25, 0.3) is 5.91 Å². The summed E-state index contributed by atoms with van der Waals surface area (Å²) in [5.41, 5.74) is 0.694. The Bertz CT molecular complexity index is 661. The number of phenolic OH excluding ortho intramolecular Hbond substituents is 1. The van der Waals surface area contributed by atoms with E-state index in [0.717, 1.165) is 4.47 Å². The first kappa shape index (κ1) is 14.7. The number of halogens is 2. The zero-order chi connectivity index (χ0) is 14.7. The van der Waals surface area contributed by atoms with Gasteiger partial charge in [-0.25, -0.2) is 0 Å². The molecule has 104 valence electrons. The van der Waals surface area contributed by atoms with Gasteiger partial charge in [0.1, 0.15) is 11.5 Å². The Morgan fingerprint density at radius 1 is 1.30 bits per heavy atom. The highest BCUT2D eigenvalue weighted by atomic mass is 79.9. The van der Waals surface area contributed by atoms with Gasteiger partial charge in [-0.05, 0) is 36.4 Å². The number of carbonyl (C=O) groups is 1.